The Morgan fingerprint density at radius 3 is 2.66 bits per heavy atom. The van der Waals surface area contributed by atoms with Gasteiger partial charge in [-0.05, 0) is 24.7 Å². The summed E-state index contributed by atoms with van der Waals surface area (Å²) in [6, 6.07) is 14.9. The van der Waals surface area contributed by atoms with Crippen LogP contribution >= 0.6 is 0 Å². The molecule has 2 N–H and O–H groups in total. The van der Waals surface area contributed by atoms with Gasteiger partial charge < -0.3 is 10.6 Å². The molecule has 1 atom stereocenters. The number of aryl methyl sites for hydroxylation is 2. The molecule has 3 aromatic heterocycles. The Bertz CT molecular complexity index is 1220. The van der Waals surface area contributed by atoms with Gasteiger partial charge in [-0.3, -0.25) is 9.36 Å². The highest BCUT2D eigenvalue weighted by Gasteiger charge is 2.62. The van der Waals surface area contributed by atoms with Gasteiger partial charge in [0.2, 0.25) is 0 Å². The molecular weight excluding hydrogens is 362 g/mol. The molecule has 3 heterocycles. The van der Waals surface area contributed by atoms with E-state index in [1.807, 2.05) is 47.9 Å². The maximum atomic E-state index is 4.80. The van der Waals surface area contributed by atoms with Gasteiger partial charge in [0, 0.05) is 37.8 Å². The van der Waals surface area contributed by atoms with Crippen LogP contribution < -0.4 is 10.6 Å². The first-order chi connectivity index (χ1) is 14.1. The van der Waals surface area contributed by atoms with Crippen LogP contribution in [-0.2, 0) is 14.1 Å². The van der Waals surface area contributed by atoms with Crippen LogP contribution in [0.1, 0.15) is 19.3 Å². The van der Waals surface area contributed by atoms with E-state index in [0.717, 1.165) is 39.6 Å². The lowest BCUT2D eigenvalue weighted by molar-refractivity contribution is 0.777. The average molecular weight is 385 g/mol. The number of aromatic nitrogens is 5. The van der Waals surface area contributed by atoms with Gasteiger partial charge in [-0.25, -0.2) is 4.98 Å². The highest BCUT2D eigenvalue weighted by atomic mass is 15.3. The quantitative estimate of drug-likeness (QED) is 0.542. The van der Waals surface area contributed by atoms with E-state index < -0.39 is 0 Å². The Balaban J connectivity index is 1.34. The van der Waals surface area contributed by atoms with Crippen LogP contribution in [0.15, 0.2) is 48.7 Å². The second kappa shape index (κ2) is 5.83. The number of hydrogen-bond donors (Lipinski definition) is 2. The summed E-state index contributed by atoms with van der Waals surface area (Å²) in [5.74, 6) is 1.69. The first-order valence-corrected chi connectivity index (χ1v) is 10.1. The highest BCUT2D eigenvalue weighted by Crippen LogP contribution is 2.66. The van der Waals surface area contributed by atoms with Gasteiger partial charge in [-0.2, -0.15) is 10.2 Å². The summed E-state index contributed by atoms with van der Waals surface area (Å²) in [5.41, 5.74) is 4.58. The van der Waals surface area contributed by atoms with Crippen LogP contribution in [0, 0.1) is 5.41 Å². The molecule has 146 valence electrons. The van der Waals surface area contributed by atoms with Crippen LogP contribution in [0.5, 0.6) is 0 Å². The van der Waals surface area contributed by atoms with Crippen LogP contribution in [0.2, 0.25) is 0 Å². The number of benzene rings is 1. The minimum atomic E-state index is 0.581. The standard InChI is InChI=1S/C22H23N7/c1-28-20(11-16(27-28)14-6-4-3-5-7-14)25-19-10-17(24-18-12-22(18)8-9-22)15-13-23-29(2)21(15)26-19/h3-7,10-11,13,18H,8-9,12H2,1-2H3,(H2,24,25,26). The average Bonchev–Trinajstić information content (AvgIpc) is 3.57. The molecule has 2 fully saturated rings. The number of fused-ring (bicyclic) bond motifs is 1. The fourth-order valence-corrected chi connectivity index (χ4v) is 4.22. The van der Waals surface area contributed by atoms with E-state index in [4.69, 9.17) is 4.98 Å². The van der Waals surface area contributed by atoms with Gasteiger partial charge in [0.25, 0.3) is 0 Å². The third-order valence-corrected chi connectivity index (χ3v) is 6.32. The van der Waals surface area contributed by atoms with Crippen molar-refractivity contribution in [3.63, 3.8) is 0 Å². The maximum Gasteiger partial charge on any atom is 0.161 e. The zero-order chi connectivity index (χ0) is 19.6. The van der Waals surface area contributed by atoms with Gasteiger partial charge in [-0.1, -0.05) is 30.3 Å². The zero-order valence-electron chi connectivity index (χ0n) is 16.6. The van der Waals surface area contributed by atoms with Crippen LogP contribution in [0.25, 0.3) is 22.3 Å². The number of nitrogens with zero attached hydrogens (tertiary/aromatic N) is 5. The van der Waals surface area contributed by atoms with Crippen molar-refractivity contribution in [3.8, 4) is 11.3 Å². The molecule has 29 heavy (non-hydrogen) atoms. The summed E-state index contributed by atoms with van der Waals surface area (Å²) in [6.07, 6.45) is 5.89. The summed E-state index contributed by atoms with van der Waals surface area (Å²) in [4.78, 5) is 4.80. The van der Waals surface area contributed by atoms with E-state index in [2.05, 4.69) is 45.1 Å². The third kappa shape index (κ3) is 2.76. The smallest absolute Gasteiger partial charge is 0.161 e. The van der Waals surface area contributed by atoms with Gasteiger partial charge in [0.1, 0.15) is 11.6 Å². The second-order valence-corrected chi connectivity index (χ2v) is 8.35. The number of pyridine rings is 1. The fourth-order valence-electron chi connectivity index (χ4n) is 4.22. The Kier molecular flexibility index (Phi) is 3.33. The van der Waals surface area contributed by atoms with E-state index in [1.165, 1.54) is 19.3 Å². The predicted molar refractivity (Wildman–Crippen MR) is 114 cm³/mol. The van der Waals surface area contributed by atoms with E-state index >= 15 is 0 Å². The molecule has 0 saturated heterocycles. The molecule has 0 aliphatic heterocycles. The summed E-state index contributed by atoms with van der Waals surface area (Å²) in [6.45, 7) is 0. The predicted octanol–water partition coefficient (Wildman–Crippen LogP) is 4.08. The Morgan fingerprint density at radius 2 is 1.90 bits per heavy atom. The van der Waals surface area contributed by atoms with Crippen molar-refractivity contribution in [2.24, 2.45) is 19.5 Å². The van der Waals surface area contributed by atoms with Crippen molar-refractivity contribution in [3.05, 3.63) is 48.7 Å². The van der Waals surface area contributed by atoms with Crippen molar-refractivity contribution >= 4 is 28.4 Å². The van der Waals surface area contributed by atoms with Crippen molar-refractivity contribution in [2.45, 2.75) is 25.3 Å². The molecule has 0 bridgehead atoms. The molecule has 0 radical (unpaired) electrons. The number of hydrogen-bond acceptors (Lipinski definition) is 5. The van der Waals surface area contributed by atoms with Crippen molar-refractivity contribution in [2.75, 3.05) is 10.6 Å². The molecule has 6 rings (SSSR count). The number of rotatable bonds is 5. The summed E-state index contributed by atoms with van der Waals surface area (Å²) >= 11 is 0. The Morgan fingerprint density at radius 1 is 1.07 bits per heavy atom. The monoisotopic (exact) mass is 385 g/mol. The molecular formula is C22H23N7. The molecule has 2 aliphatic carbocycles. The SMILES string of the molecule is Cn1nc(-c2ccccc2)cc1Nc1cc(NC2CC23CC3)c2cnn(C)c2n1. The van der Waals surface area contributed by atoms with Gasteiger partial charge in [-0.15, -0.1) is 0 Å². The number of nitrogens with one attached hydrogen (secondary N) is 2. The lowest BCUT2D eigenvalue weighted by Crippen LogP contribution is -2.07. The third-order valence-electron chi connectivity index (χ3n) is 6.32. The summed E-state index contributed by atoms with van der Waals surface area (Å²) in [5, 5.41) is 17.3. The highest BCUT2D eigenvalue weighted by molar-refractivity contribution is 5.91. The first-order valence-electron chi connectivity index (χ1n) is 10.1. The molecule has 1 unspecified atom stereocenters. The molecule has 2 saturated carbocycles. The first kappa shape index (κ1) is 16.6. The minimum Gasteiger partial charge on any atom is -0.381 e. The van der Waals surface area contributed by atoms with Crippen molar-refractivity contribution in [1.29, 1.82) is 0 Å². The van der Waals surface area contributed by atoms with Gasteiger partial charge in [0.15, 0.2) is 5.65 Å². The van der Waals surface area contributed by atoms with Crippen LogP contribution in [0.4, 0.5) is 17.3 Å². The minimum absolute atomic E-state index is 0.581. The van der Waals surface area contributed by atoms with E-state index in [1.54, 1.807) is 0 Å². The fraction of sp³-hybridized carbons (Fsp3) is 0.318. The van der Waals surface area contributed by atoms with Crippen LogP contribution in [0.3, 0.4) is 0 Å². The lowest BCUT2D eigenvalue weighted by atomic mass is 10.1. The van der Waals surface area contributed by atoms with Gasteiger partial charge in [0.05, 0.1) is 23.0 Å². The second-order valence-electron chi connectivity index (χ2n) is 8.35. The Hall–Kier alpha value is -3.35. The molecule has 2 aliphatic rings. The molecule has 7 nitrogen and oxygen atoms in total. The van der Waals surface area contributed by atoms with E-state index in [9.17, 15) is 0 Å². The maximum absolute atomic E-state index is 4.80. The largest absolute Gasteiger partial charge is 0.381 e. The van der Waals surface area contributed by atoms with Gasteiger partial charge >= 0.3 is 0 Å². The molecule has 7 heteroatoms. The lowest BCUT2D eigenvalue weighted by Gasteiger charge is -2.11. The van der Waals surface area contributed by atoms with E-state index in [-0.39, 0.29) is 0 Å². The normalized spacial score (nSPS) is 18.9. The van der Waals surface area contributed by atoms with Crippen LogP contribution in [-0.4, -0.2) is 30.6 Å². The zero-order valence-corrected chi connectivity index (χ0v) is 16.6. The number of anilines is 3. The molecule has 1 spiro atoms. The van der Waals surface area contributed by atoms with Crippen molar-refractivity contribution < 1.29 is 0 Å². The van der Waals surface area contributed by atoms with E-state index in [0.29, 0.717) is 11.5 Å². The molecule has 1 aromatic carbocycles. The van der Waals surface area contributed by atoms with Crippen molar-refractivity contribution in [1.82, 2.24) is 24.5 Å². The molecule has 4 aromatic rings. The topological polar surface area (TPSA) is 72.6 Å². The Labute approximate surface area is 168 Å². The summed E-state index contributed by atoms with van der Waals surface area (Å²) < 4.78 is 3.68. The molecule has 0 amide bonds. The summed E-state index contributed by atoms with van der Waals surface area (Å²) in [7, 11) is 3.87.